The van der Waals surface area contributed by atoms with Crippen LogP contribution in [0.1, 0.15) is 26.3 Å². The van der Waals surface area contributed by atoms with Crippen molar-refractivity contribution < 1.29 is 13.9 Å². The molecule has 1 saturated heterocycles. The third kappa shape index (κ3) is 7.18. The molecule has 6 rings (SSSR count). The Balaban J connectivity index is 1.29. The van der Waals surface area contributed by atoms with Crippen LogP contribution >= 0.6 is 11.8 Å². The van der Waals surface area contributed by atoms with E-state index >= 15 is 0 Å². The summed E-state index contributed by atoms with van der Waals surface area (Å²) in [7, 11) is -2.77. The number of hydrogen-bond donors (Lipinski definition) is 1. The summed E-state index contributed by atoms with van der Waals surface area (Å²) in [6.07, 6.45) is 2.43. The number of hydrogen-bond acceptors (Lipinski definition) is 9. The summed E-state index contributed by atoms with van der Waals surface area (Å²) in [5, 5.41) is 2.29. The lowest BCUT2D eigenvalue weighted by atomic mass is 10.1. The van der Waals surface area contributed by atoms with E-state index < -0.39 is 14.0 Å². The largest absolute Gasteiger partial charge is 0.456 e. The quantitative estimate of drug-likeness (QED) is 0.202. The number of nitrogen functional groups attached to an aromatic ring is 1. The highest BCUT2D eigenvalue weighted by Crippen LogP contribution is 2.39. The van der Waals surface area contributed by atoms with Crippen LogP contribution in [0, 0.1) is 0 Å². The predicted molar refractivity (Wildman–Crippen MR) is 189 cm³/mol. The summed E-state index contributed by atoms with van der Waals surface area (Å²) in [6, 6.07) is 34.7. The zero-order valence-corrected chi connectivity index (χ0v) is 28.5. The van der Waals surface area contributed by atoms with Crippen molar-refractivity contribution in [2.75, 3.05) is 18.1 Å². The van der Waals surface area contributed by atoms with Crippen molar-refractivity contribution in [3.8, 4) is 11.8 Å². The van der Waals surface area contributed by atoms with Crippen LogP contribution in [0.4, 0.5) is 5.82 Å². The van der Waals surface area contributed by atoms with Crippen molar-refractivity contribution in [1.29, 1.82) is 0 Å². The van der Waals surface area contributed by atoms with E-state index in [2.05, 4.69) is 109 Å². The van der Waals surface area contributed by atoms with Gasteiger partial charge >= 0.3 is 11.7 Å². The third-order valence-corrected chi connectivity index (χ3v) is 14.7. The van der Waals surface area contributed by atoms with E-state index in [0.29, 0.717) is 24.8 Å². The van der Waals surface area contributed by atoms with Crippen molar-refractivity contribution in [2.45, 2.75) is 49.9 Å². The van der Waals surface area contributed by atoms with Gasteiger partial charge in [-0.1, -0.05) is 112 Å². The maximum Gasteiger partial charge on any atom is 0.355 e. The van der Waals surface area contributed by atoms with E-state index in [1.807, 2.05) is 18.2 Å². The molecule has 2 aromatic heterocycles. The van der Waals surface area contributed by atoms with Crippen molar-refractivity contribution in [3.63, 3.8) is 0 Å². The first-order valence-electron chi connectivity index (χ1n) is 15.6. The molecule has 11 heteroatoms. The topological polar surface area (TPSA) is 114 Å². The molecule has 47 heavy (non-hydrogen) atoms. The lowest BCUT2D eigenvalue weighted by molar-refractivity contribution is -0.0284. The highest BCUT2D eigenvalue weighted by atomic mass is 32.2. The van der Waals surface area contributed by atoms with E-state index in [9.17, 15) is 4.79 Å². The Kier molecular flexibility index (Phi) is 9.88. The van der Waals surface area contributed by atoms with Gasteiger partial charge in [-0.2, -0.15) is 9.97 Å². The Hall–Kier alpha value is -4.29. The molecule has 0 saturated carbocycles. The van der Waals surface area contributed by atoms with Crippen LogP contribution in [0.2, 0.25) is 5.04 Å². The van der Waals surface area contributed by atoms with Gasteiger partial charge in [0, 0.05) is 30.8 Å². The van der Waals surface area contributed by atoms with E-state index in [4.69, 9.17) is 19.6 Å². The van der Waals surface area contributed by atoms with Crippen LogP contribution in [-0.2, 0) is 15.8 Å². The van der Waals surface area contributed by atoms with Gasteiger partial charge in [0.2, 0.25) is 0 Å². The standard InChI is InChI=1S/C36H39N5O4SSi/c1-36(2,3)47(27-15-9-5-10-16-27,28-17-11-6-12-18-28)44-24-30-33(43-23-26-13-7-4-8-14-26)29(25-46-30)45-34-38-21-19-32(40-34)41-22-20-31(37)39-35(41)42/h4-22,29-30,33H,23-25H2,1-3H3,(H2,37,39,42)/t29-,30-,33+/m1/s1. The fourth-order valence-corrected chi connectivity index (χ4v) is 12.1. The first-order chi connectivity index (χ1) is 22.7. The smallest absolute Gasteiger partial charge is 0.355 e. The second-order valence-corrected chi connectivity index (χ2v) is 18.0. The predicted octanol–water partition coefficient (Wildman–Crippen LogP) is 4.63. The number of anilines is 1. The minimum absolute atomic E-state index is 0.0162. The molecule has 2 N–H and O–H groups in total. The number of benzene rings is 3. The van der Waals surface area contributed by atoms with Gasteiger partial charge in [-0.3, -0.25) is 4.57 Å². The number of thioether (sulfide) groups is 1. The molecule has 3 heterocycles. The fourth-order valence-electron chi connectivity index (χ4n) is 6.09. The molecule has 0 amide bonds. The van der Waals surface area contributed by atoms with Gasteiger partial charge in [-0.15, -0.1) is 11.8 Å². The summed E-state index contributed by atoms with van der Waals surface area (Å²) >= 11 is 1.77. The Morgan fingerprint density at radius 1 is 0.894 bits per heavy atom. The van der Waals surface area contributed by atoms with Crippen molar-refractivity contribution in [2.24, 2.45) is 0 Å². The van der Waals surface area contributed by atoms with E-state index in [1.54, 1.807) is 30.1 Å². The maximum atomic E-state index is 12.5. The second kappa shape index (κ2) is 14.2. The molecule has 1 aliphatic heterocycles. The van der Waals surface area contributed by atoms with E-state index in [0.717, 1.165) is 5.56 Å². The Morgan fingerprint density at radius 3 is 2.15 bits per heavy atom. The van der Waals surface area contributed by atoms with Gasteiger partial charge in [0.05, 0.1) is 11.9 Å². The molecular formula is C36H39N5O4SSi. The SMILES string of the molecule is CC(C)(C)[Si](OC[C@H]1SC[C@@H](Oc2nccc(-n3ccc(N)nc3=O)n2)[C@@H]1OCc1ccccc1)(c1ccccc1)c1ccccc1. The zero-order valence-electron chi connectivity index (χ0n) is 26.7. The maximum absolute atomic E-state index is 12.5. The number of rotatable bonds is 11. The van der Waals surface area contributed by atoms with Gasteiger partial charge < -0.3 is 19.6 Å². The normalized spacial score (nSPS) is 18.2. The Bertz CT molecular complexity index is 1780. The zero-order chi connectivity index (χ0) is 32.9. The van der Waals surface area contributed by atoms with Crippen LogP contribution in [0.3, 0.4) is 0 Å². The minimum Gasteiger partial charge on any atom is -0.456 e. The van der Waals surface area contributed by atoms with Gasteiger partial charge in [-0.25, -0.2) is 9.78 Å². The van der Waals surface area contributed by atoms with Gasteiger partial charge in [0.15, 0.2) is 0 Å². The lowest BCUT2D eigenvalue weighted by Crippen LogP contribution is -2.67. The molecule has 0 bridgehead atoms. The molecule has 0 spiro atoms. The average Bonchev–Trinajstić information content (AvgIpc) is 3.45. The second-order valence-electron chi connectivity index (χ2n) is 12.5. The van der Waals surface area contributed by atoms with Crippen molar-refractivity contribution in [1.82, 2.24) is 19.5 Å². The summed E-state index contributed by atoms with van der Waals surface area (Å²) in [6.45, 7) is 7.74. The Labute approximate surface area is 280 Å². The Morgan fingerprint density at radius 2 is 1.53 bits per heavy atom. The highest BCUT2D eigenvalue weighted by Gasteiger charge is 2.51. The fraction of sp³-hybridized carbons (Fsp3) is 0.278. The molecule has 1 aliphatic rings. The molecule has 1 fully saturated rings. The number of nitrogens with zero attached hydrogens (tertiary/aromatic N) is 4. The highest BCUT2D eigenvalue weighted by molar-refractivity contribution is 8.00. The molecule has 242 valence electrons. The van der Waals surface area contributed by atoms with Crippen LogP contribution in [0.5, 0.6) is 6.01 Å². The number of aromatic nitrogens is 4. The average molecular weight is 666 g/mol. The summed E-state index contributed by atoms with van der Waals surface area (Å²) in [5.41, 5.74) is 6.22. The van der Waals surface area contributed by atoms with Crippen molar-refractivity contribution >= 4 is 36.3 Å². The van der Waals surface area contributed by atoms with Crippen molar-refractivity contribution in [3.05, 3.63) is 132 Å². The molecule has 9 nitrogen and oxygen atoms in total. The molecule has 3 atom stereocenters. The van der Waals surface area contributed by atoms with Crippen LogP contribution in [0.25, 0.3) is 5.82 Å². The molecule has 0 radical (unpaired) electrons. The molecule has 0 aliphatic carbocycles. The number of nitrogens with two attached hydrogens (primary N) is 1. The summed E-state index contributed by atoms with van der Waals surface area (Å²) < 4.78 is 21.7. The number of ether oxygens (including phenoxy) is 2. The summed E-state index contributed by atoms with van der Waals surface area (Å²) in [5.74, 6) is 1.14. The van der Waals surface area contributed by atoms with Gasteiger partial charge in [-0.05, 0) is 27.0 Å². The molecule has 3 aromatic carbocycles. The third-order valence-electron chi connectivity index (χ3n) is 8.32. The summed E-state index contributed by atoms with van der Waals surface area (Å²) in [4.78, 5) is 25.2. The first kappa shape index (κ1) is 32.6. The van der Waals surface area contributed by atoms with Crippen LogP contribution in [-0.4, -0.2) is 57.7 Å². The molecule has 5 aromatic rings. The monoisotopic (exact) mass is 665 g/mol. The minimum atomic E-state index is -2.77. The van der Waals surface area contributed by atoms with Gasteiger partial charge in [0.25, 0.3) is 8.32 Å². The van der Waals surface area contributed by atoms with E-state index in [-0.39, 0.29) is 34.3 Å². The first-order valence-corrected chi connectivity index (χ1v) is 18.6. The van der Waals surface area contributed by atoms with Gasteiger partial charge in [0.1, 0.15) is 23.8 Å². The van der Waals surface area contributed by atoms with Crippen LogP contribution < -0.4 is 26.5 Å². The van der Waals surface area contributed by atoms with E-state index in [1.165, 1.54) is 21.1 Å². The molecular weight excluding hydrogens is 627 g/mol. The van der Waals surface area contributed by atoms with Crippen LogP contribution in [0.15, 0.2) is 120 Å². The lowest BCUT2D eigenvalue weighted by Gasteiger charge is -2.43. The molecule has 0 unspecified atom stereocenters.